The molecule has 1 aromatic rings. The van der Waals surface area contributed by atoms with Crippen LogP contribution in [-0.4, -0.2) is 44.4 Å². The molecule has 0 aromatic heterocycles. The number of benzene rings is 1. The fourth-order valence-corrected chi connectivity index (χ4v) is 1.10. The number of esters is 1. The van der Waals surface area contributed by atoms with E-state index in [4.69, 9.17) is 4.74 Å². The molecule has 0 radical (unpaired) electrons. The van der Waals surface area contributed by atoms with Crippen molar-refractivity contribution in [3.05, 3.63) is 35.4 Å². The molecule has 0 spiro atoms. The molecule has 0 aliphatic heterocycles. The molecule has 4 heteroatoms. The average molecular weight is 221 g/mol. The molecular formula is C12H15NO3. The second-order valence-corrected chi connectivity index (χ2v) is 3.68. The topological polar surface area (TPSA) is 46.6 Å². The van der Waals surface area contributed by atoms with Gasteiger partial charge in [-0.1, -0.05) is 12.1 Å². The van der Waals surface area contributed by atoms with Gasteiger partial charge < -0.3 is 9.64 Å². The molecule has 0 saturated heterocycles. The molecule has 0 N–H and O–H groups in total. The Bertz CT molecular complexity index is 357. The van der Waals surface area contributed by atoms with Gasteiger partial charge in [-0.15, -0.1) is 0 Å². The van der Waals surface area contributed by atoms with E-state index in [0.717, 1.165) is 6.29 Å². The number of ether oxygens (including phenoxy) is 1. The number of aldehydes is 1. The van der Waals surface area contributed by atoms with E-state index < -0.39 is 0 Å². The van der Waals surface area contributed by atoms with Gasteiger partial charge in [0, 0.05) is 12.1 Å². The zero-order valence-corrected chi connectivity index (χ0v) is 9.47. The van der Waals surface area contributed by atoms with Crippen molar-refractivity contribution >= 4 is 12.3 Å². The Kier molecular flexibility index (Phi) is 4.66. The van der Waals surface area contributed by atoms with E-state index in [1.807, 2.05) is 19.0 Å². The minimum Gasteiger partial charge on any atom is -0.461 e. The van der Waals surface area contributed by atoms with Crippen LogP contribution >= 0.6 is 0 Å². The van der Waals surface area contributed by atoms with Gasteiger partial charge in [-0.25, -0.2) is 4.79 Å². The minimum atomic E-state index is -0.362. The summed E-state index contributed by atoms with van der Waals surface area (Å²) in [7, 11) is 3.82. The Morgan fingerprint density at radius 1 is 1.31 bits per heavy atom. The first-order chi connectivity index (χ1) is 7.63. The zero-order chi connectivity index (χ0) is 12.0. The third kappa shape index (κ3) is 3.82. The SMILES string of the molecule is CN(C)CCOC(=O)c1ccc(C=O)cc1. The molecule has 1 aromatic carbocycles. The average Bonchev–Trinajstić information content (AvgIpc) is 2.28. The summed E-state index contributed by atoms with van der Waals surface area (Å²) < 4.78 is 5.04. The third-order valence-electron chi connectivity index (χ3n) is 2.05. The largest absolute Gasteiger partial charge is 0.461 e. The van der Waals surface area contributed by atoms with Crippen molar-refractivity contribution in [2.75, 3.05) is 27.2 Å². The summed E-state index contributed by atoms with van der Waals surface area (Å²) >= 11 is 0. The Morgan fingerprint density at radius 3 is 2.44 bits per heavy atom. The summed E-state index contributed by atoms with van der Waals surface area (Å²) in [6.07, 6.45) is 0.737. The van der Waals surface area contributed by atoms with Crippen molar-refractivity contribution in [2.45, 2.75) is 0 Å². The van der Waals surface area contributed by atoms with E-state index >= 15 is 0 Å². The highest BCUT2D eigenvalue weighted by molar-refractivity contribution is 5.90. The van der Waals surface area contributed by atoms with Crippen molar-refractivity contribution in [1.82, 2.24) is 4.90 Å². The maximum absolute atomic E-state index is 11.5. The smallest absolute Gasteiger partial charge is 0.338 e. The van der Waals surface area contributed by atoms with Crippen molar-refractivity contribution in [1.29, 1.82) is 0 Å². The summed E-state index contributed by atoms with van der Waals surface area (Å²) in [5.41, 5.74) is 1.01. The number of carbonyl (C=O) groups excluding carboxylic acids is 2. The Labute approximate surface area is 94.8 Å². The van der Waals surface area contributed by atoms with Gasteiger partial charge in [-0.3, -0.25) is 4.79 Å². The van der Waals surface area contributed by atoms with Gasteiger partial charge in [-0.2, -0.15) is 0 Å². The lowest BCUT2D eigenvalue weighted by molar-refractivity contribution is 0.0481. The summed E-state index contributed by atoms with van der Waals surface area (Å²) in [5.74, 6) is -0.362. The van der Waals surface area contributed by atoms with Crippen molar-refractivity contribution in [3.63, 3.8) is 0 Å². The number of nitrogens with zero attached hydrogens (tertiary/aromatic N) is 1. The molecule has 0 bridgehead atoms. The van der Waals surface area contributed by atoms with E-state index in [2.05, 4.69) is 0 Å². The molecule has 0 unspecified atom stereocenters. The number of hydrogen-bond acceptors (Lipinski definition) is 4. The highest BCUT2D eigenvalue weighted by Crippen LogP contribution is 2.04. The maximum atomic E-state index is 11.5. The van der Waals surface area contributed by atoms with Gasteiger partial charge in [0.1, 0.15) is 12.9 Å². The number of carbonyl (C=O) groups is 2. The molecule has 0 amide bonds. The predicted octanol–water partition coefficient (Wildman–Crippen LogP) is 1.22. The van der Waals surface area contributed by atoms with Crippen LogP contribution < -0.4 is 0 Å². The zero-order valence-electron chi connectivity index (χ0n) is 9.47. The molecule has 0 heterocycles. The lowest BCUT2D eigenvalue weighted by atomic mass is 10.1. The van der Waals surface area contributed by atoms with Crippen molar-refractivity contribution in [2.24, 2.45) is 0 Å². The van der Waals surface area contributed by atoms with Gasteiger partial charge >= 0.3 is 5.97 Å². The van der Waals surface area contributed by atoms with E-state index in [0.29, 0.717) is 24.3 Å². The molecule has 0 atom stereocenters. The summed E-state index contributed by atoms with van der Waals surface area (Å²) in [6, 6.07) is 6.36. The molecule has 0 fully saturated rings. The quantitative estimate of drug-likeness (QED) is 0.554. The third-order valence-corrected chi connectivity index (χ3v) is 2.05. The Balaban J connectivity index is 2.49. The summed E-state index contributed by atoms with van der Waals surface area (Å²) in [5, 5.41) is 0. The molecule has 1 rings (SSSR count). The van der Waals surface area contributed by atoms with E-state index in [9.17, 15) is 9.59 Å². The van der Waals surface area contributed by atoms with Crippen LogP contribution in [0.3, 0.4) is 0 Å². The van der Waals surface area contributed by atoms with Gasteiger partial charge in [-0.05, 0) is 26.2 Å². The van der Waals surface area contributed by atoms with Crippen LogP contribution in [0.4, 0.5) is 0 Å². The molecule has 16 heavy (non-hydrogen) atoms. The molecule has 86 valence electrons. The lowest BCUT2D eigenvalue weighted by Gasteiger charge is -2.09. The predicted molar refractivity (Wildman–Crippen MR) is 60.7 cm³/mol. The fourth-order valence-electron chi connectivity index (χ4n) is 1.10. The maximum Gasteiger partial charge on any atom is 0.338 e. The lowest BCUT2D eigenvalue weighted by Crippen LogP contribution is -2.20. The standard InChI is InChI=1S/C12H15NO3/c1-13(2)7-8-16-12(15)11-5-3-10(9-14)4-6-11/h3-6,9H,7-8H2,1-2H3. The van der Waals surface area contributed by atoms with Gasteiger partial charge in [0.2, 0.25) is 0 Å². The number of hydrogen-bond donors (Lipinski definition) is 0. The van der Waals surface area contributed by atoms with E-state index in [1.54, 1.807) is 24.3 Å². The Morgan fingerprint density at radius 2 is 1.94 bits per heavy atom. The summed E-state index contributed by atoms with van der Waals surface area (Å²) in [4.78, 5) is 23.8. The van der Waals surface area contributed by atoms with Gasteiger partial charge in [0.15, 0.2) is 0 Å². The molecule has 0 aliphatic rings. The normalized spacial score (nSPS) is 10.2. The van der Waals surface area contributed by atoms with E-state index in [-0.39, 0.29) is 5.97 Å². The molecule has 4 nitrogen and oxygen atoms in total. The number of likely N-dealkylation sites (N-methyl/N-ethyl adjacent to an activating group) is 1. The van der Waals surface area contributed by atoms with Crippen LogP contribution in [0, 0.1) is 0 Å². The monoisotopic (exact) mass is 221 g/mol. The fraction of sp³-hybridized carbons (Fsp3) is 0.333. The second kappa shape index (κ2) is 6.02. The van der Waals surface area contributed by atoms with Crippen LogP contribution in [0.25, 0.3) is 0 Å². The van der Waals surface area contributed by atoms with Crippen LogP contribution in [-0.2, 0) is 4.74 Å². The Hall–Kier alpha value is -1.68. The van der Waals surface area contributed by atoms with Crippen LogP contribution in [0.2, 0.25) is 0 Å². The highest BCUT2D eigenvalue weighted by atomic mass is 16.5. The molecular weight excluding hydrogens is 206 g/mol. The molecule has 0 saturated carbocycles. The first-order valence-electron chi connectivity index (χ1n) is 5.00. The first kappa shape index (κ1) is 12.4. The van der Waals surface area contributed by atoms with Crippen molar-refractivity contribution in [3.8, 4) is 0 Å². The highest BCUT2D eigenvalue weighted by Gasteiger charge is 2.06. The van der Waals surface area contributed by atoms with Crippen LogP contribution in [0.5, 0.6) is 0 Å². The first-order valence-corrected chi connectivity index (χ1v) is 5.00. The van der Waals surface area contributed by atoms with Crippen LogP contribution in [0.1, 0.15) is 20.7 Å². The molecule has 0 aliphatic carbocycles. The van der Waals surface area contributed by atoms with Gasteiger partial charge in [0.05, 0.1) is 5.56 Å². The van der Waals surface area contributed by atoms with Crippen LogP contribution in [0.15, 0.2) is 24.3 Å². The van der Waals surface area contributed by atoms with Gasteiger partial charge in [0.25, 0.3) is 0 Å². The second-order valence-electron chi connectivity index (χ2n) is 3.68. The minimum absolute atomic E-state index is 0.362. The van der Waals surface area contributed by atoms with Crippen molar-refractivity contribution < 1.29 is 14.3 Å². The van der Waals surface area contributed by atoms with E-state index in [1.165, 1.54) is 0 Å². The summed E-state index contributed by atoms with van der Waals surface area (Å²) in [6.45, 7) is 1.05. The number of rotatable bonds is 5.